The molecular formula is C14H11F6N3O. The quantitative estimate of drug-likeness (QED) is 0.825. The molecule has 2 aromatic rings. The third-order valence-electron chi connectivity index (χ3n) is 2.82. The first kappa shape index (κ1) is 17.8. The Hall–Kier alpha value is -2.52. The Morgan fingerprint density at radius 2 is 1.75 bits per heavy atom. The van der Waals surface area contributed by atoms with E-state index in [2.05, 4.69) is 20.0 Å². The number of para-hydroxylation sites is 1. The Morgan fingerprint density at radius 1 is 1.08 bits per heavy atom. The highest BCUT2D eigenvalue weighted by Crippen LogP contribution is 2.36. The normalized spacial score (nSPS) is 12.1. The third-order valence-corrected chi connectivity index (χ3v) is 2.82. The maximum absolute atomic E-state index is 12.8. The molecule has 0 radical (unpaired) electrons. The number of nitrogens with zero attached hydrogens (tertiary/aromatic N) is 2. The Balaban J connectivity index is 2.33. The number of alkyl halides is 6. The molecule has 2 rings (SSSR count). The lowest BCUT2D eigenvalue weighted by Crippen LogP contribution is -2.22. The van der Waals surface area contributed by atoms with Crippen molar-refractivity contribution in [2.75, 3.05) is 11.9 Å². The molecule has 130 valence electrons. The second kappa shape index (κ2) is 6.54. The SMILES string of the molecule is Cc1ccccc1Nc1ncc(C(F)(F)F)c(OCC(F)(F)F)n1. The molecule has 1 N–H and O–H groups in total. The van der Waals surface area contributed by atoms with E-state index in [1.54, 1.807) is 31.2 Å². The molecule has 0 aliphatic rings. The fourth-order valence-corrected chi connectivity index (χ4v) is 1.71. The molecule has 0 unspecified atom stereocenters. The average molecular weight is 351 g/mol. The minimum absolute atomic E-state index is 0.311. The summed E-state index contributed by atoms with van der Waals surface area (Å²) in [5.41, 5.74) is -0.236. The summed E-state index contributed by atoms with van der Waals surface area (Å²) < 4.78 is 79.3. The van der Waals surface area contributed by atoms with E-state index in [-0.39, 0.29) is 5.95 Å². The topological polar surface area (TPSA) is 47.0 Å². The Bertz CT molecular complexity index is 714. The summed E-state index contributed by atoms with van der Waals surface area (Å²) in [6.07, 6.45) is -9.36. The largest absolute Gasteiger partial charge is 0.467 e. The van der Waals surface area contributed by atoms with Gasteiger partial charge in [0.1, 0.15) is 5.56 Å². The van der Waals surface area contributed by atoms with Crippen LogP contribution in [0.5, 0.6) is 5.88 Å². The molecule has 1 aromatic heterocycles. The van der Waals surface area contributed by atoms with Gasteiger partial charge < -0.3 is 10.1 Å². The van der Waals surface area contributed by atoms with Crippen LogP contribution in [0.1, 0.15) is 11.1 Å². The zero-order valence-electron chi connectivity index (χ0n) is 12.2. The van der Waals surface area contributed by atoms with Gasteiger partial charge in [-0.05, 0) is 18.6 Å². The first-order chi connectivity index (χ1) is 11.1. The summed E-state index contributed by atoms with van der Waals surface area (Å²) in [5, 5.41) is 2.64. The van der Waals surface area contributed by atoms with Gasteiger partial charge in [-0.15, -0.1) is 0 Å². The average Bonchev–Trinajstić information content (AvgIpc) is 2.46. The Labute approximate surface area is 132 Å². The van der Waals surface area contributed by atoms with Crippen LogP contribution in [0.2, 0.25) is 0 Å². The van der Waals surface area contributed by atoms with Crippen molar-refractivity contribution in [2.24, 2.45) is 0 Å². The molecule has 0 amide bonds. The van der Waals surface area contributed by atoms with Gasteiger partial charge in [0, 0.05) is 11.9 Å². The molecule has 0 saturated carbocycles. The number of aromatic nitrogens is 2. The van der Waals surface area contributed by atoms with Crippen LogP contribution < -0.4 is 10.1 Å². The Morgan fingerprint density at radius 3 is 2.33 bits per heavy atom. The molecular weight excluding hydrogens is 340 g/mol. The standard InChI is InChI=1S/C14H11F6N3O/c1-8-4-2-3-5-10(8)22-12-21-6-9(14(18,19)20)11(23-12)24-7-13(15,16)17/h2-6H,7H2,1H3,(H,21,22,23). The summed E-state index contributed by atoms with van der Waals surface area (Å²) in [6, 6.07) is 6.76. The van der Waals surface area contributed by atoms with Crippen molar-refractivity contribution in [1.29, 1.82) is 0 Å². The van der Waals surface area contributed by atoms with Crippen LogP contribution >= 0.6 is 0 Å². The predicted molar refractivity (Wildman–Crippen MR) is 73.0 cm³/mol. The van der Waals surface area contributed by atoms with Crippen LogP contribution in [0.25, 0.3) is 0 Å². The lowest BCUT2D eigenvalue weighted by Gasteiger charge is -2.15. The summed E-state index contributed by atoms with van der Waals surface area (Å²) >= 11 is 0. The smallest absolute Gasteiger partial charge is 0.423 e. The number of rotatable bonds is 4. The number of aryl methyl sites for hydroxylation is 1. The number of halogens is 6. The number of ether oxygens (including phenoxy) is 1. The highest BCUT2D eigenvalue weighted by molar-refractivity contribution is 5.58. The van der Waals surface area contributed by atoms with Crippen molar-refractivity contribution in [3.05, 3.63) is 41.6 Å². The molecule has 4 nitrogen and oxygen atoms in total. The van der Waals surface area contributed by atoms with Crippen molar-refractivity contribution in [1.82, 2.24) is 9.97 Å². The third kappa shape index (κ3) is 4.74. The number of hydrogen-bond acceptors (Lipinski definition) is 4. The van der Waals surface area contributed by atoms with Gasteiger partial charge >= 0.3 is 12.4 Å². The highest BCUT2D eigenvalue weighted by atomic mass is 19.4. The highest BCUT2D eigenvalue weighted by Gasteiger charge is 2.38. The van der Waals surface area contributed by atoms with Crippen LogP contribution in [0.3, 0.4) is 0 Å². The summed E-state index contributed by atoms with van der Waals surface area (Å²) in [5.74, 6) is -1.50. The van der Waals surface area contributed by atoms with Gasteiger partial charge in [0.25, 0.3) is 0 Å². The zero-order valence-corrected chi connectivity index (χ0v) is 12.2. The fourth-order valence-electron chi connectivity index (χ4n) is 1.71. The van der Waals surface area contributed by atoms with Crippen LogP contribution in [-0.2, 0) is 6.18 Å². The molecule has 0 spiro atoms. The van der Waals surface area contributed by atoms with Crippen molar-refractivity contribution >= 4 is 11.6 Å². The minimum atomic E-state index is -4.94. The molecule has 0 aliphatic carbocycles. The van der Waals surface area contributed by atoms with Gasteiger partial charge in [-0.2, -0.15) is 31.3 Å². The van der Waals surface area contributed by atoms with Gasteiger partial charge in [-0.25, -0.2) is 4.98 Å². The second-order valence-electron chi connectivity index (χ2n) is 4.75. The van der Waals surface area contributed by atoms with Crippen LogP contribution in [0.15, 0.2) is 30.5 Å². The van der Waals surface area contributed by atoms with Gasteiger partial charge in [0.15, 0.2) is 6.61 Å². The fraction of sp³-hybridized carbons (Fsp3) is 0.286. The number of nitrogens with one attached hydrogen (secondary N) is 1. The van der Waals surface area contributed by atoms with E-state index in [1.165, 1.54) is 0 Å². The van der Waals surface area contributed by atoms with E-state index in [0.717, 1.165) is 5.56 Å². The molecule has 0 atom stereocenters. The van der Waals surface area contributed by atoms with E-state index < -0.39 is 30.4 Å². The van der Waals surface area contributed by atoms with Crippen molar-refractivity contribution in [3.8, 4) is 5.88 Å². The zero-order chi connectivity index (χ0) is 18.0. The second-order valence-corrected chi connectivity index (χ2v) is 4.75. The monoisotopic (exact) mass is 351 g/mol. The maximum Gasteiger partial charge on any atom is 0.423 e. The van der Waals surface area contributed by atoms with E-state index >= 15 is 0 Å². The molecule has 0 fully saturated rings. The molecule has 0 saturated heterocycles. The maximum atomic E-state index is 12.8. The first-order valence-corrected chi connectivity index (χ1v) is 6.53. The molecule has 1 heterocycles. The number of hydrogen-bond donors (Lipinski definition) is 1. The number of anilines is 2. The summed E-state index contributed by atoms with van der Waals surface area (Å²) in [6.45, 7) is -0.162. The molecule has 0 bridgehead atoms. The lowest BCUT2D eigenvalue weighted by atomic mass is 10.2. The van der Waals surface area contributed by atoms with Crippen LogP contribution in [0.4, 0.5) is 38.0 Å². The predicted octanol–water partition coefficient (Wildman–Crippen LogP) is 4.49. The lowest BCUT2D eigenvalue weighted by molar-refractivity contribution is -0.159. The molecule has 24 heavy (non-hydrogen) atoms. The van der Waals surface area contributed by atoms with Gasteiger partial charge in [-0.3, -0.25) is 0 Å². The van der Waals surface area contributed by atoms with Crippen molar-refractivity contribution < 1.29 is 31.1 Å². The summed E-state index contributed by atoms with van der Waals surface area (Å²) in [4.78, 5) is 6.90. The van der Waals surface area contributed by atoms with E-state index in [1.807, 2.05) is 0 Å². The van der Waals surface area contributed by atoms with Gasteiger partial charge in [0.2, 0.25) is 11.8 Å². The van der Waals surface area contributed by atoms with Gasteiger partial charge in [0.05, 0.1) is 0 Å². The van der Waals surface area contributed by atoms with Crippen molar-refractivity contribution in [2.45, 2.75) is 19.3 Å². The molecule has 1 aromatic carbocycles. The van der Waals surface area contributed by atoms with E-state index in [0.29, 0.717) is 11.9 Å². The molecule has 10 heteroatoms. The summed E-state index contributed by atoms with van der Waals surface area (Å²) in [7, 11) is 0. The van der Waals surface area contributed by atoms with E-state index in [9.17, 15) is 26.3 Å². The minimum Gasteiger partial charge on any atom is -0.467 e. The van der Waals surface area contributed by atoms with Crippen LogP contribution in [-0.4, -0.2) is 22.8 Å². The molecule has 0 aliphatic heterocycles. The van der Waals surface area contributed by atoms with Crippen molar-refractivity contribution in [3.63, 3.8) is 0 Å². The van der Waals surface area contributed by atoms with Gasteiger partial charge in [-0.1, -0.05) is 18.2 Å². The van der Waals surface area contributed by atoms with Crippen LogP contribution in [0, 0.1) is 6.92 Å². The Kier molecular flexibility index (Phi) is 4.86. The first-order valence-electron chi connectivity index (χ1n) is 6.53. The number of benzene rings is 1. The van der Waals surface area contributed by atoms with E-state index in [4.69, 9.17) is 0 Å².